The van der Waals surface area contributed by atoms with Crippen LogP contribution in [0.3, 0.4) is 0 Å². The van der Waals surface area contributed by atoms with E-state index in [9.17, 15) is 9.18 Å². The molecular weight excluding hydrogens is 171 g/mol. The maximum atomic E-state index is 12.8. The van der Waals surface area contributed by atoms with Gasteiger partial charge in [0, 0.05) is 6.54 Å². The number of amides is 2. The first-order chi connectivity index (χ1) is 6.18. The molecule has 1 heterocycles. The quantitative estimate of drug-likeness (QED) is 0.642. The van der Waals surface area contributed by atoms with Crippen LogP contribution in [0.15, 0.2) is 18.2 Å². The average Bonchev–Trinajstić information content (AvgIpc) is 2.46. The highest BCUT2D eigenvalue weighted by atomic mass is 19.1. The number of anilines is 1. The first-order valence-electron chi connectivity index (χ1n) is 4.04. The van der Waals surface area contributed by atoms with Gasteiger partial charge in [0.1, 0.15) is 5.82 Å². The van der Waals surface area contributed by atoms with Crippen LogP contribution in [0.5, 0.6) is 0 Å². The molecule has 0 aromatic heterocycles. The molecule has 0 saturated carbocycles. The van der Waals surface area contributed by atoms with Gasteiger partial charge >= 0.3 is 6.03 Å². The van der Waals surface area contributed by atoms with Crippen LogP contribution in [-0.2, 0) is 6.42 Å². The molecule has 0 fully saturated rings. The number of benzene rings is 1. The van der Waals surface area contributed by atoms with Crippen LogP contribution in [0.4, 0.5) is 14.9 Å². The van der Waals surface area contributed by atoms with E-state index < -0.39 is 6.03 Å². The summed E-state index contributed by atoms with van der Waals surface area (Å²) in [7, 11) is 0. The van der Waals surface area contributed by atoms with Crippen LogP contribution in [0.1, 0.15) is 5.56 Å². The van der Waals surface area contributed by atoms with E-state index >= 15 is 0 Å². The SMILES string of the molecule is NC(=O)N1CCc2ccc(F)cc21. The summed E-state index contributed by atoms with van der Waals surface area (Å²) in [6.07, 6.45) is 0.749. The Balaban J connectivity index is 2.46. The zero-order valence-electron chi connectivity index (χ0n) is 6.96. The van der Waals surface area contributed by atoms with Crippen LogP contribution >= 0.6 is 0 Å². The van der Waals surface area contributed by atoms with Crippen molar-refractivity contribution < 1.29 is 9.18 Å². The summed E-state index contributed by atoms with van der Waals surface area (Å²) < 4.78 is 12.8. The van der Waals surface area contributed by atoms with Gasteiger partial charge in [-0.3, -0.25) is 4.90 Å². The number of fused-ring (bicyclic) bond motifs is 1. The van der Waals surface area contributed by atoms with Crippen molar-refractivity contribution in [3.63, 3.8) is 0 Å². The lowest BCUT2D eigenvalue weighted by Gasteiger charge is -2.13. The summed E-state index contributed by atoms with van der Waals surface area (Å²) in [6, 6.07) is 3.90. The molecule has 0 bridgehead atoms. The molecule has 0 unspecified atom stereocenters. The van der Waals surface area contributed by atoms with Crippen LogP contribution in [0.2, 0.25) is 0 Å². The van der Waals surface area contributed by atoms with Crippen molar-refractivity contribution in [3.8, 4) is 0 Å². The number of hydrogen-bond acceptors (Lipinski definition) is 1. The van der Waals surface area contributed by atoms with Crippen LogP contribution in [0.25, 0.3) is 0 Å². The van der Waals surface area contributed by atoms with Crippen molar-refractivity contribution >= 4 is 11.7 Å². The molecule has 1 aliphatic heterocycles. The fraction of sp³-hybridized carbons (Fsp3) is 0.222. The van der Waals surface area contributed by atoms with Gasteiger partial charge in [-0.25, -0.2) is 9.18 Å². The summed E-state index contributed by atoms with van der Waals surface area (Å²) in [4.78, 5) is 12.3. The molecule has 1 aliphatic rings. The fourth-order valence-electron chi connectivity index (χ4n) is 1.58. The number of carbonyl (C=O) groups is 1. The third kappa shape index (κ3) is 1.24. The van der Waals surface area contributed by atoms with Crippen molar-refractivity contribution in [1.82, 2.24) is 0 Å². The molecule has 0 aliphatic carbocycles. The lowest BCUT2D eigenvalue weighted by molar-refractivity contribution is 0.254. The van der Waals surface area contributed by atoms with Gasteiger partial charge in [-0.1, -0.05) is 6.07 Å². The van der Waals surface area contributed by atoms with Crippen LogP contribution in [0, 0.1) is 5.82 Å². The molecular formula is C9H9FN2O. The Morgan fingerprint density at radius 3 is 3.00 bits per heavy atom. The molecule has 1 aromatic carbocycles. The number of nitrogens with two attached hydrogens (primary N) is 1. The molecule has 0 atom stereocenters. The van der Waals surface area contributed by atoms with E-state index in [4.69, 9.17) is 5.73 Å². The second-order valence-corrected chi connectivity index (χ2v) is 3.01. The minimum atomic E-state index is -0.524. The summed E-state index contributed by atoms with van der Waals surface area (Å²) >= 11 is 0. The summed E-state index contributed by atoms with van der Waals surface area (Å²) in [5, 5.41) is 0. The number of rotatable bonds is 0. The van der Waals surface area contributed by atoms with E-state index in [-0.39, 0.29) is 5.82 Å². The third-order valence-electron chi connectivity index (χ3n) is 2.21. The van der Waals surface area contributed by atoms with E-state index in [0.717, 1.165) is 12.0 Å². The van der Waals surface area contributed by atoms with E-state index in [1.807, 2.05) is 0 Å². The molecule has 2 rings (SSSR count). The number of nitrogens with zero attached hydrogens (tertiary/aromatic N) is 1. The molecule has 1 aromatic rings. The zero-order chi connectivity index (χ0) is 9.42. The first-order valence-corrected chi connectivity index (χ1v) is 4.04. The van der Waals surface area contributed by atoms with E-state index in [1.165, 1.54) is 17.0 Å². The minimum Gasteiger partial charge on any atom is -0.351 e. The average molecular weight is 180 g/mol. The largest absolute Gasteiger partial charge is 0.351 e. The third-order valence-corrected chi connectivity index (χ3v) is 2.21. The smallest absolute Gasteiger partial charge is 0.319 e. The molecule has 3 nitrogen and oxygen atoms in total. The normalized spacial score (nSPS) is 14.4. The number of carbonyl (C=O) groups excluding carboxylic acids is 1. The Kier molecular flexibility index (Phi) is 1.69. The zero-order valence-corrected chi connectivity index (χ0v) is 6.96. The van der Waals surface area contributed by atoms with Crippen molar-refractivity contribution in [2.24, 2.45) is 5.73 Å². The van der Waals surface area contributed by atoms with Gasteiger partial charge in [0.05, 0.1) is 5.69 Å². The Morgan fingerprint density at radius 2 is 2.31 bits per heavy atom. The van der Waals surface area contributed by atoms with Crippen LogP contribution < -0.4 is 10.6 Å². The molecule has 68 valence electrons. The van der Waals surface area contributed by atoms with E-state index in [1.54, 1.807) is 6.07 Å². The van der Waals surface area contributed by atoms with Crippen molar-refractivity contribution in [2.45, 2.75) is 6.42 Å². The maximum Gasteiger partial charge on any atom is 0.319 e. The van der Waals surface area contributed by atoms with Gasteiger partial charge in [-0.2, -0.15) is 0 Å². The standard InChI is InChI=1S/C9H9FN2O/c10-7-2-1-6-3-4-12(9(11)13)8(6)5-7/h1-2,5H,3-4H2,(H2,11,13). The number of urea groups is 1. The van der Waals surface area contributed by atoms with Gasteiger partial charge in [-0.15, -0.1) is 0 Å². The fourth-order valence-corrected chi connectivity index (χ4v) is 1.58. The van der Waals surface area contributed by atoms with Crippen molar-refractivity contribution in [2.75, 3.05) is 11.4 Å². The van der Waals surface area contributed by atoms with Crippen LogP contribution in [-0.4, -0.2) is 12.6 Å². The molecule has 13 heavy (non-hydrogen) atoms. The Bertz CT molecular complexity index is 365. The molecule has 2 amide bonds. The first kappa shape index (κ1) is 8.04. The second kappa shape index (κ2) is 2.73. The van der Waals surface area contributed by atoms with Gasteiger partial charge < -0.3 is 5.73 Å². The highest BCUT2D eigenvalue weighted by Gasteiger charge is 2.22. The van der Waals surface area contributed by atoms with Gasteiger partial charge in [0.15, 0.2) is 0 Å². The lowest BCUT2D eigenvalue weighted by Crippen LogP contribution is -2.33. The van der Waals surface area contributed by atoms with Gasteiger partial charge in [-0.05, 0) is 24.1 Å². The predicted octanol–water partition coefficient (Wildman–Crippen LogP) is 1.27. The topological polar surface area (TPSA) is 46.3 Å². The van der Waals surface area contributed by atoms with Gasteiger partial charge in [0.2, 0.25) is 0 Å². The van der Waals surface area contributed by atoms with E-state index in [2.05, 4.69) is 0 Å². The predicted molar refractivity (Wildman–Crippen MR) is 47.0 cm³/mol. The number of halogens is 1. The molecule has 4 heteroatoms. The maximum absolute atomic E-state index is 12.8. The molecule has 0 saturated heterocycles. The number of hydrogen-bond donors (Lipinski definition) is 1. The number of primary amides is 1. The highest BCUT2D eigenvalue weighted by molar-refractivity contribution is 5.92. The van der Waals surface area contributed by atoms with E-state index in [0.29, 0.717) is 12.2 Å². The highest BCUT2D eigenvalue weighted by Crippen LogP contribution is 2.27. The monoisotopic (exact) mass is 180 g/mol. The Morgan fingerprint density at radius 1 is 1.54 bits per heavy atom. The molecule has 0 radical (unpaired) electrons. The Hall–Kier alpha value is -1.58. The summed E-state index contributed by atoms with van der Waals surface area (Å²) in [5.74, 6) is -0.341. The second-order valence-electron chi connectivity index (χ2n) is 3.01. The van der Waals surface area contributed by atoms with Gasteiger partial charge in [0.25, 0.3) is 0 Å². The lowest BCUT2D eigenvalue weighted by atomic mass is 10.2. The Labute approximate surface area is 74.9 Å². The van der Waals surface area contributed by atoms with Crippen molar-refractivity contribution in [1.29, 1.82) is 0 Å². The summed E-state index contributed by atoms with van der Waals surface area (Å²) in [6.45, 7) is 0.550. The minimum absolute atomic E-state index is 0.341. The molecule has 2 N–H and O–H groups in total. The summed E-state index contributed by atoms with van der Waals surface area (Å²) in [5.41, 5.74) is 6.70. The van der Waals surface area contributed by atoms with Crippen molar-refractivity contribution in [3.05, 3.63) is 29.6 Å². The molecule has 0 spiro atoms.